The van der Waals surface area contributed by atoms with Crippen molar-refractivity contribution in [3.8, 4) is 33.8 Å². The van der Waals surface area contributed by atoms with Crippen LogP contribution in [0.2, 0.25) is 0 Å². The van der Waals surface area contributed by atoms with E-state index in [0.29, 0.717) is 11.1 Å². The second kappa shape index (κ2) is 11.6. The first-order chi connectivity index (χ1) is 18.9. The Kier molecular flexibility index (Phi) is 8.19. The van der Waals surface area contributed by atoms with E-state index in [-0.39, 0.29) is 34.7 Å². The Balaban J connectivity index is 1.65. The third-order valence-electron chi connectivity index (χ3n) is 6.68. The number of hydrogen-bond acceptors (Lipinski definition) is 6. The Labute approximate surface area is 234 Å². The second-order valence-electron chi connectivity index (χ2n) is 10.2. The number of aryl methyl sites for hydroxylation is 2. The van der Waals surface area contributed by atoms with Crippen LogP contribution in [0.15, 0.2) is 91.1 Å². The van der Waals surface area contributed by atoms with Gasteiger partial charge in [-0.2, -0.15) is 0 Å². The maximum absolute atomic E-state index is 12.4. The molecule has 40 heavy (non-hydrogen) atoms. The number of benzene rings is 3. The average molecular weight is 537 g/mol. The van der Waals surface area contributed by atoms with Crippen LogP contribution in [0.5, 0.6) is 11.5 Å². The minimum Gasteiger partial charge on any atom is -0.454 e. The average Bonchev–Trinajstić information content (AvgIpc) is 3.30. The fraction of sp³-hybridized carbons (Fsp3) is 0.206. The molecule has 0 N–H and O–H groups in total. The van der Waals surface area contributed by atoms with Crippen LogP contribution >= 0.6 is 0 Å². The van der Waals surface area contributed by atoms with E-state index >= 15 is 0 Å². The molecule has 0 aliphatic heterocycles. The second-order valence-corrected chi connectivity index (χ2v) is 10.2. The SMILES string of the molecule is C=C(C)C(=O)Oc1ccc(-c2ccc(-c3ccc4c(c3)CCC4OC(=O)C(=C)C)cc2C)c(OC(=O)C(=C)C)c1. The smallest absolute Gasteiger partial charge is 0.338 e. The predicted octanol–water partition coefficient (Wildman–Crippen LogP) is 7.40. The molecular formula is C34H32O6. The molecule has 0 radical (unpaired) electrons. The van der Waals surface area contributed by atoms with Gasteiger partial charge in [-0.15, -0.1) is 0 Å². The van der Waals surface area contributed by atoms with Crippen LogP contribution in [0.25, 0.3) is 22.3 Å². The zero-order valence-corrected chi connectivity index (χ0v) is 23.3. The van der Waals surface area contributed by atoms with E-state index in [9.17, 15) is 14.4 Å². The van der Waals surface area contributed by atoms with Crippen LogP contribution in [-0.2, 0) is 25.5 Å². The van der Waals surface area contributed by atoms with E-state index in [2.05, 4.69) is 31.9 Å². The van der Waals surface area contributed by atoms with Crippen molar-refractivity contribution < 1.29 is 28.6 Å². The van der Waals surface area contributed by atoms with Gasteiger partial charge in [-0.25, -0.2) is 14.4 Å². The van der Waals surface area contributed by atoms with Crippen molar-refractivity contribution >= 4 is 17.9 Å². The first kappa shape index (κ1) is 28.3. The molecule has 3 aromatic rings. The molecule has 6 nitrogen and oxygen atoms in total. The summed E-state index contributed by atoms with van der Waals surface area (Å²) >= 11 is 0. The topological polar surface area (TPSA) is 78.9 Å². The number of ether oxygens (including phenoxy) is 3. The molecule has 6 heteroatoms. The van der Waals surface area contributed by atoms with Gasteiger partial charge in [0, 0.05) is 28.3 Å². The molecule has 0 fully saturated rings. The third-order valence-corrected chi connectivity index (χ3v) is 6.68. The quantitative estimate of drug-likeness (QED) is 0.170. The van der Waals surface area contributed by atoms with Crippen molar-refractivity contribution in [2.45, 2.75) is 46.6 Å². The van der Waals surface area contributed by atoms with Gasteiger partial charge in [-0.3, -0.25) is 0 Å². The predicted molar refractivity (Wildman–Crippen MR) is 155 cm³/mol. The van der Waals surface area contributed by atoms with Gasteiger partial charge in [0.15, 0.2) is 0 Å². The normalized spacial score (nSPS) is 13.7. The van der Waals surface area contributed by atoms with Gasteiger partial charge in [-0.1, -0.05) is 56.1 Å². The molecule has 1 unspecified atom stereocenters. The standard InChI is InChI=1S/C34H32O6/c1-19(2)32(35)38-26-11-14-29(31(18-26)40-34(37)21(5)6)27-12-8-23(16-22(27)7)24-9-13-28-25(17-24)10-15-30(28)39-33(36)20(3)4/h8-9,11-14,16-18,30H,1,3,5,10,15H2,2,4,6-7H3. The van der Waals surface area contributed by atoms with Crippen molar-refractivity contribution in [2.24, 2.45) is 0 Å². The van der Waals surface area contributed by atoms with Gasteiger partial charge in [0.2, 0.25) is 0 Å². The fourth-order valence-electron chi connectivity index (χ4n) is 4.51. The molecule has 0 aromatic heterocycles. The Bertz CT molecular complexity index is 1580. The number of fused-ring (bicyclic) bond motifs is 1. The zero-order valence-electron chi connectivity index (χ0n) is 23.3. The molecule has 3 aromatic carbocycles. The van der Waals surface area contributed by atoms with Crippen molar-refractivity contribution in [1.82, 2.24) is 0 Å². The molecule has 0 saturated carbocycles. The molecule has 1 aliphatic rings. The Morgan fingerprint density at radius 2 is 1.32 bits per heavy atom. The lowest BCUT2D eigenvalue weighted by Crippen LogP contribution is -2.11. The first-order valence-electron chi connectivity index (χ1n) is 12.9. The molecule has 0 heterocycles. The highest BCUT2D eigenvalue weighted by molar-refractivity contribution is 5.91. The molecule has 0 saturated heterocycles. The van der Waals surface area contributed by atoms with E-state index in [1.54, 1.807) is 32.9 Å². The molecule has 0 spiro atoms. The first-order valence-corrected chi connectivity index (χ1v) is 12.9. The maximum atomic E-state index is 12.4. The van der Waals surface area contributed by atoms with Crippen molar-refractivity contribution in [3.63, 3.8) is 0 Å². The van der Waals surface area contributed by atoms with Gasteiger partial charge >= 0.3 is 17.9 Å². The maximum Gasteiger partial charge on any atom is 0.338 e. The molecule has 204 valence electrons. The van der Waals surface area contributed by atoms with Crippen molar-refractivity contribution in [2.75, 3.05) is 0 Å². The van der Waals surface area contributed by atoms with Crippen LogP contribution in [-0.4, -0.2) is 17.9 Å². The van der Waals surface area contributed by atoms with Crippen LogP contribution in [0.4, 0.5) is 0 Å². The lowest BCUT2D eigenvalue weighted by Gasteiger charge is -2.16. The summed E-state index contributed by atoms with van der Waals surface area (Å²) in [6.07, 6.45) is 1.32. The van der Waals surface area contributed by atoms with Gasteiger partial charge in [0.05, 0.1) is 0 Å². The van der Waals surface area contributed by atoms with E-state index < -0.39 is 11.9 Å². The summed E-state index contributed by atoms with van der Waals surface area (Å²) in [5, 5.41) is 0. The number of carbonyl (C=O) groups excluding carboxylic acids is 3. The van der Waals surface area contributed by atoms with Crippen LogP contribution in [0.1, 0.15) is 50.0 Å². The van der Waals surface area contributed by atoms with E-state index in [0.717, 1.165) is 46.2 Å². The summed E-state index contributed by atoms with van der Waals surface area (Å²) in [7, 11) is 0. The number of carbonyl (C=O) groups is 3. The van der Waals surface area contributed by atoms with Crippen LogP contribution in [0.3, 0.4) is 0 Å². The highest BCUT2D eigenvalue weighted by Crippen LogP contribution is 2.40. The summed E-state index contributed by atoms with van der Waals surface area (Å²) in [6.45, 7) is 17.7. The minimum absolute atomic E-state index is 0.237. The Morgan fingerprint density at radius 3 is 1.98 bits per heavy atom. The fourth-order valence-corrected chi connectivity index (χ4v) is 4.51. The summed E-state index contributed by atoms with van der Waals surface area (Å²) in [4.78, 5) is 36.4. The summed E-state index contributed by atoms with van der Waals surface area (Å²) in [5.41, 5.74) is 7.66. The number of hydrogen-bond donors (Lipinski definition) is 0. The molecule has 1 aliphatic carbocycles. The highest BCUT2D eigenvalue weighted by Gasteiger charge is 2.26. The Morgan fingerprint density at radius 1 is 0.725 bits per heavy atom. The summed E-state index contributed by atoms with van der Waals surface area (Å²) in [6, 6.07) is 17.2. The number of rotatable bonds is 8. The summed E-state index contributed by atoms with van der Waals surface area (Å²) < 4.78 is 16.6. The molecule has 0 bridgehead atoms. The summed E-state index contributed by atoms with van der Waals surface area (Å²) in [5.74, 6) is -1.03. The minimum atomic E-state index is -0.579. The van der Waals surface area contributed by atoms with Gasteiger partial charge in [0.1, 0.15) is 17.6 Å². The lowest BCUT2D eigenvalue weighted by molar-refractivity contribution is -0.144. The lowest BCUT2D eigenvalue weighted by atomic mass is 9.94. The van der Waals surface area contributed by atoms with E-state index in [4.69, 9.17) is 14.2 Å². The third kappa shape index (κ3) is 6.12. The van der Waals surface area contributed by atoms with Crippen LogP contribution in [0, 0.1) is 6.92 Å². The highest BCUT2D eigenvalue weighted by atomic mass is 16.6. The largest absolute Gasteiger partial charge is 0.454 e. The van der Waals surface area contributed by atoms with E-state index in [1.807, 2.05) is 31.2 Å². The van der Waals surface area contributed by atoms with Crippen LogP contribution < -0.4 is 9.47 Å². The van der Waals surface area contributed by atoms with Gasteiger partial charge in [0.25, 0.3) is 0 Å². The van der Waals surface area contributed by atoms with Crippen molar-refractivity contribution in [1.29, 1.82) is 0 Å². The molecule has 0 amide bonds. The molecule has 4 rings (SSSR count). The number of esters is 3. The van der Waals surface area contributed by atoms with E-state index in [1.165, 1.54) is 6.07 Å². The Hall–Kier alpha value is -4.71. The monoisotopic (exact) mass is 536 g/mol. The molecular weight excluding hydrogens is 504 g/mol. The van der Waals surface area contributed by atoms with Gasteiger partial charge in [-0.05, 0) is 86.1 Å². The van der Waals surface area contributed by atoms with Crippen molar-refractivity contribution in [3.05, 3.63) is 108 Å². The molecule has 1 atom stereocenters. The van der Waals surface area contributed by atoms with Gasteiger partial charge < -0.3 is 14.2 Å². The zero-order chi connectivity index (χ0) is 29.1.